The highest BCUT2D eigenvalue weighted by atomic mass is 79.9. The standard InChI is InChI=1S/C22H19BrN2O2/c1-16-7-5-6-10-19(16)22(26)25-24-14-18-11-12-21(20(23)13-18)27-15-17-8-3-2-4-9-17/h2-14H,15H2,1H3,(H,25,26)/b24-14-. The molecular weight excluding hydrogens is 404 g/mol. The van der Waals surface area contributed by atoms with E-state index in [1.165, 1.54) is 0 Å². The van der Waals surface area contributed by atoms with E-state index < -0.39 is 0 Å². The summed E-state index contributed by atoms with van der Waals surface area (Å²) in [5, 5.41) is 4.04. The molecule has 0 atom stereocenters. The molecule has 0 bridgehead atoms. The van der Waals surface area contributed by atoms with E-state index in [0.29, 0.717) is 12.2 Å². The SMILES string of the molecule is Cc1ccccc1C(=O)N/N=C\c1ccc(OCc2ccccc2)c(Br)c1. The maximum Gasteiger partial charge on any atom is 0.271 e. The minimum Gasteiger partial charge on any atom is -0.488 e. The molecule has 0 aliphatic carbocycles. The number of benzene rings is 3. The first-order valence-corrected chi connectivity index (χ1v) is 9.28. The summed E-state index contributed by atoms with van der Waals surface area (Å²) >= 11 is 3.51. The van der Waals surface area contributed by atoms with Gasteiger partial charge in [-0.05, 0) is 63.8 Å². The topological polar surface area (TPSA) is 50.7 Å². The number of hydrogen-bond acceptors (Lipinski definition) is 3. The molecular formula is C22H19BrN2O2. The molecule has 0 radical (unpaired) electrons. The van der Waals surface area contributed by atoms with E-state index in [1.54, 1.807) is 12.3 Å². The van der Waals surface area contributed by atoms with Gasteiger partial charge in [0.15, 0.2) is 0 Å². The second-order valence-corrected chi connectivity index (χ2v) is 6.83. The van der Waals surface area contributed by atoms with Crippen molar-refractivity contribution in [3.8, 4) is 5.75 Å². The molecule has 136 valence electrons. The lowest BCUT2D eigenvalue weighted by Gasteiger charge is -2.09. The van der Waals surface area contributed by atoms with Crippen LogP contribution in [0.3, 0.4) is 0 Å². The molecule has 1 amide bonds. The minimum absolute atomic E-state index is 0.230. The van der Waals surface area contributed by atoms with Crippen molar-refractivity contribution in [2.75, 3.05) is 0 Å². The fourth-order valence-corrected chi connectivity index (χ4v) is 3.01. The third-order valence-corrected chi connectivity index (χ3v) is 4.58. The normalized spacial score (nSPS) is 10.7. The van der Waals surface area contributed by atoms with Gasteiger partial charge in [0.1, 0.15) is 12.4 Å². The van der Waals surface area contributed by atoms with Crippen molar-refractivity contribution in [3.05, 3.63) is 99.5 Å². The maximum atomic E-state index is 12.1. The molecule has 1 N–H and O–H groups in total. The average Bonchev–Trinajstić information content (AvgIpc) is 2.68. The molecule has 0 aromatic heterocycles. The molecule has 0 fully saturated rings. The van der Waals surface area contributed by atoms with Crippen LogP contribution in [0.2, 0.25) is 0 Å². The highest BCUT2D eigenvalue weighted by molar-refractivity contribution is 9.10. The van der Waals surface area contributed by atoms with Crippen molar-refractivity contribution in [2.24, 2.45) is 5.10 Å². The van der Waals surface area contributed by atoms with Crippen molar-refractivity contribution >= 4 is 28.1 Å². The van der Waals surface area contributed by atoms with Gasteiger partial charge in [0.05, 0.1) is 10.7 Å². The molecule has 0 spiro atoms. The average molecular weight is 423 g/mol. The molecule has 4 nitrogen and oxygen atoms in total. The molecule has 0 aliphatic rings. The van der Waals surface area contributed by atoms with Crippen LogP contribution < -0.4 is 10.2 Å². The van der Waals surface area contributed by atoms with Crippen LogP contribution in [0.4, 0.5) is 0 Å². The zero-order valence-electron chi connectivity index (χ0n) is 14.9. The first-order chi connectivity index (χ1) is 13.1. The number of aryl methyl sites for hydroxylation is 1. The lowest BCUT2D eigenvalue weighted by Crippen LogP contribution is -2.18. The van der Waals surface area contributed by atoms with E-state index in [0.717, 1.165) is 26.9 Å². The number of nitrogens with one attached hydrogen (secondary N) is 1. The van der Waals surface area contributed by atoms with Gasteiger partial charge < -0.3 is 4.74 Å². The van der Waals surface area contributed by atoms with Crippen molar-refractivity contribution in [2.45, 2.75) is 13.5 Å². The second kappa shape index (κ2) is 9.14. The van der Waals surface area contributed by atoms with Gasteiger partial charge in [-0.1, -0.05) is 48.5 Å². The third kappa shape index (κ3) is 5.28. The van der Waals surface area contributed by atoms with E-state index in [1.807, 2.05) is 73.7 Å². The first kappa shape index (κ1) is 18.9. The number of halogens is 1. The number of hydrazone groups is 1. The van der Waals surface area contributed by atoms with E-state index in [2.05, 4.69) is 26.5 Å². The van der Waals surface area contributed by atoms with Crippen molar-refractivity contribution in [1.29, 1.82) is 0 Å². The Kier molecular flexibility index (Phi) is 6.39. The van der Waals surface area contributed by atoms with Gasteiger partial charge in [-0.25, -0.2) is 5.43 Å². The largest absolute Gasteiger partial charge is 0.488 e. The van der Waals surface area contributed by atoms with Crippen LogP contribution in [-0.2, 0) is 6.61 Å². The van der Waals surface area contributed by atoms with E-state index in [4.69, 9.17) is 4.74 Å². The summed E-state index contributed by atoms with van der Waals surface area (Å²) in [6, 6.07) is 23.0. The van der Waals surface area contributed by atoms with Crippen molar-refractivity contribution < 1.29 is 9.53 Å². The summed E-state index contributed by atoms with van der Waals surface area (Å²) in [6.07, 6.45) is 1.60. The van der Waals surface area contributed by atoms with E-state index >= 15 is 0 Å². The van der Waals surface area contributed by atoms with Crippen molar-refractivity contribution in [1.82, 2.24) is 5.43 Å². The Morgan fingerprint density at radius 2 is 1.81 bits per heavy atom. The van der Waals surface area contributed by atoms with E-state index in [-0.39, 0.29) is 5.91 Å². The van der Waals surface area contributed by atoms with Gasteiger partial charge in [-0.3, -0.25) is 4.79 Å². The van der Waals surface area contributed by atoms with Crippen LogP contribution in [0.25, 0.3) is 0 Å². The van der Waals surface area contributed by atoms with Gasteiger partial charge >= 0.3 is 0 Å². The Morgan fingerprint density at radius 1 is 1.07 bits per heavy atom. The number of nitrogens with zero attached hydrogens (tertiary/aromatic N) is 1. The number of hydrogen-bond donors (Lipinski definition) is 1. The van der Waals surface area contributed by atoms with Crippen LogP contribution in [0.1, 0.15) is 27.0 Å². The molecule has 3 aromatic carbocycles. The minimum atomic E-state index is -0.230. The van der Waals surface area contributed by atoms with Gasteiger partial charge in [-0.2, -0.15) is 5.10 Å². The summed E-state index contributed by atoms with van der Waals surface area (Å²) in [5.74, 6) is 0.520. The number of rotatable bonds is 6. The zero-order chi connectivity index (χ0) is 19.1. The summed E-state index contributed by atoms with van der Waals surface area (Å²) in [5.41, 5.74) is 6.03. The number of amides is 1. The molecule has 0 unspecified atom stereocenters. The molecule has 0 heterocycles. The van der Waals surface area contributed by atoms with Gasteiger partial charge in [-0.15, -0.1) is 0 Å². The Labute approximate surface area is 167 Å². The maximum absolute atomic E-state index is 12.1. The number of ether oxygens (including phenoxy) is 1. The highest BCUT2D eigenvalue weighted by Crippen LogP contribution is 2.26. The Bertz CT molecular complexity index is 956. The predicted molar refractivity (Wildman–Crippen MR) is 111 cm³/mol. The van der Waals surface area contributed by atoms with Crippen LogP contribution in [0.15, 0.2) is 82.4 Å². The lowest BCUT2D eigenvalue weighted by atomic mass is 10.1. The molecule has 0 saturated heterocycles. The molecule has 0 aliphatic heterocycles. The van der Waals surface area contributed by atoms with Crippen LogP contribution in [0, 0.1) is 6.92 Å². The van der Waals surface area contributed by atoms with Gasteiger partial charge in [0.2, 0.25) is 0 Å². The zero-order valence-corrected chi connectivity index (χ0v) is 16.4. The number of carbonyl (C=O) groups is 1. The highest BCUT2D eigenvalue weighted by Gasteiger charge is 2.06. The number of carbonyl (C=O) groups excluding carboxylic acids is 1. The first-order valence-electron chi connectivity index (χ1n) is 8.49. The smallest absolute Gasteiger partial charge is 0.271 e. The van der Waals surface area contributed by atoms with Gasteiger partial charge in [0, 0.05) is 5.56 Å². The Morgan fingerprint density at radius 3 is 2.56 bits per heavy atom. The quantitative estimate of drug-likeness (QED) is 0.443. The lowest BCUT2D eigenvalue weighted by molar-refractivity contribution is 0.0954. The van der Waals surface area contributed by atoms with E-state index in [9.17, 15) is 4.79 Å². The van der Waals surface area contributed by atoms with Crippen molar-refractivity contribution in [3.63, 3.8) is 0 Å². The molecule has 3 aromatic rings. The third-order valence-electron chi connectivity index (χ3n) is 3.96. The van der Waals surface area contributed by atoms with Crippen LogP contribution >= 0.6 is 15.9 Å². The summed E-state index contributed by atoms with van der Waals surface area (Å²) < 4.78 is 6.66. The molecule has 0 saturated carbocycles. The predicted octanol–water partition coefficient (Wildman–Crippen LogP) is 5.10. The Hall–Kier alpha value is -2.92. The fourth-order valence-electron chi connectivity index (χ4n) is 2.50. The Balaban J connectivity index is 1.59. The summed E-state index contributed by atoms with van der Waals surface area (Å²) in [6.45, 7) is 2.39. The van der Waals surface area contributed by atoms with Gasteiger partial charge in [0.25, 0.3) is 5.91 Å². The van der Waals surface area contributed by atoms with Crippen LogP contribution in [-0.4, -0.2) is 12.1 Å². The molecule has 5 heteroatoms. The van der Waals surface area contributed by atoms with Crippen LogP contribution in [0.5, 0.6) is 5.75 Å². The fraction of sp³-hybridized carbons (Fsp3) is 0.0909. The summed E-state index contributed by atoms with van der Waals surface area (Å²) in [7, 11) is 0. The molecule has 3 rings (SSSR count). The monoisotopic (exact) mass is 422 g/mol. The summed E-state index contributed by atoms with van der Waals surface area (Å²) in [4.78, 5) is 12.1. The molecule has 27 heavy (non-hydrogen) atoms. The second-order valence-electron chi connectivity index (χ2n) is 5.98.